The number of hydrogen-bond acceptors (Lipinski definition) is 4. The summed E-state index contributed by atoms with van der Waals surface area (Å²) in [5.74, 6) is 1.47. The topological polar surface area (TPSA) is 71.9 Å². The zero-order valence-corrected chi connectivity index (χ0v) is 8.42. The number of nitrogens with zero attached hydrogens (tertiary/aromatic N) is 2. The second kappa shape index (κ2) is 4.32. The molecule has 0 amide bonds. The van der Waals surface area contributed by atoms with Gasteiger partial charge >= 0.3 is 0 Å². The lowest BCUT2D eigenvalue weighted by molar-refractivity contribution is 0.464. The lowest BCUT2D eigenvalue weighted by Gasteiger charge is -2.04. The molecule has 16 heavy (non-hydrogen) atoms. The van der Waals surface area contributed by atoms with Crippen LogP contribution in [0.4, 0.5) is 5.82 Å². The number of rotatable bonds is 2. The lowest BCUT2D eigenvalue weighted by atomic mass is 10.2. The number of benzene rings is 1. The molecule has 0 unspecified atom stereocenters. The Morgan fingerprint density at radius 3 is 2.50 bits per heavy atom. The van der Waals surface area contributed by atoms with Gasteiger partial charge in [0.15, 0.2) is 0 Å². The molecule has 2 rings (SSSR count). The molecule has 0 aliphatic rings. The van der Waals surface area contributed by atoms with E-state index in [9.17, 15) is 0 Å². The minimum absolute atomic E-state index is 0.408. The van der Waals surface area contributed by atoms with E-state index in [1.807, 2.05) is 6.07 Å². The van der Waals surface area contributed by atoms with Gasteiger partial charge in [-0.25, -0.2) is 0 Å². The third kappa shape index (κ3) is 2.28. The number of nitriles is 1. The van der Waals surface area contributed by atoms with E-state index in [4.69, 9.17) is 15.7 Å². The van der Waals surface area contributed by atoms with Crippen LogP contribution in [-0.4, -0.2) is 4.98 Å². The fraction of sp³-hybridized carbons (Fsp3) is 0. The van der Waals surface area contributed by atoms with Gasteiger partial charge in [0.1, 0.15) is 11.6 Å². The zero-order chi connectivity index (χ0) is 11.4. The molecular weight excluding hydrogens is 202 g/mol. The molecule has 78 valence electrons. The first-order chi connectivity index (χ1) is 7.78. The number of hydrogen-bond donors (Lipinski definition) is 1. The maximum absolute atomic E-state index is 8.63. The molecule has 0 radical (unpaired) electrons. The van der Waals surface area contributed by atoms with Crippen molar-refractivity contribution < 1.29 is 4.74 Å². The molecule has 0 aliphatic carbocycles. The number of anilines is 1. The second-order valence-electron chi connectivity index (χ2n) is 3.14. The van der Waals surface area contributed by atoms with Crippen molar-refractivity contribution in [3.05, 3.63) is 48.0 Å². The van der Waals surface area contributed by atoms with Crippen LogP contribution < -0.4 is 10.5 Å². The van der Waals surface area contributed by atoms with Gasteiger partial charge in [-0.15, -0.1) is 0 Å². The minimum atomic E-state index is 0.408. The monoisotopic (exact) mass is 211 g/mol. The summed E-state index contributed by atoms with van der Waals surface area (Å²) in [7, 11) is 0. The molecule has 1 aromatic heterocycles. The van der Waals surface area contributed by atoms with Crippen LogP contribution in [0.3, 0.4) is 0 Å². The van der Waals surface area contributed by atoms with Crippen LogP contribution in [0.2, 0.25) is 0 Å². The van der Waals surface area contributed by atoms with Crippen LogP contribution in [0.15, 0.2) is 42.5 Å². The average Bonchev–Trinajstić information content (AvgIpc) is 2.30. The van der Waals surface area contributed by atoms with Crippen molar-refractivity contribution in [2.45, 2.75) is 0 Å². The summed E-state index contributed by atoms with van der Waals surface area (Å²) < 4.78 is 5.46. The Hall–Kier alpha value is -2.54. The first kappa shape index (κ1) is 9.99. The maximum atomic E-state index is 8.63. The fourth-order valence-corrected chi connectivity index (χ4v) is 1.21. The van der Waals surface area contributed by atoms with Gasteiger partial charge in [-0.05, 0) is 30.3 Å². The standard InChI is InChI=1S/C12H9N3O/c13-8-9-4-6-10(7-5-9)16-12-3-1-2-11(14)15-12/h1-7H,(H2,14,15). The van der Waals surface area contributed by atoms with Crippen LogP contribution in [0.1, 0.15) is 5.56 Å². The Bertz CT molecular complexity index is 529. The van der Waals surface area contributed by atoms with E-state index in [0.717, 1.165) is 0 Å². The molecule has 0 aliphatic heterocycles. The van der Waals surface area contributed by atoms with Crippen LogP contribution in [0.25, 0.3) is 0 Å². The van der Waals surface area contributed by atoms with Crippen LogP contribution in [0.5, 0.6) is 11.6 Å². The summed E-state index contributed by atoms with van der Waals surface area (Å²) in [6, 6.07) is 14.0. The van der Waals surface area contributed by atoms with Crippen LogP contribution in [0, 0.1) is 11.3 Å². The van der Waals surface area contributed by atoms with Gasteiger partial charge in [-0.3, -0.25) is 0 Å². The normalized spacial score (nSPS) is 9.44. The highest BCUT2D eigenvalue weighted by atomic mass is 16.5. The number of nitrogens with two attached hydrogens (primary N) is 1. The number of aromatic nitrogens is 1. The molecule has 0 saturated carbocycles. The van der Waals surface area contributed by atoms with Crippen molar-refractivity contribution in [3.8, 4) is 17.7 Å². The van der Waals surface area contributed by atoms with Gasteiger partial charge in [-0.2, -0.15) is 10.2 Å². The summed E-state index contributed by atoms with van der Waals surface area (Å²) in [6.45, 7) is 0. The predicted molar refractivity (Wildman–Crippen MR) is 59.9 cm³/mol. The molecule has 0 saturated heterocycles. The van der Waals surface area contributed by atoms with Crippen molar-refractivity contribution in [1.29, 1.82) is 5.26 Å². The molecule has 4 nitrogen and oxygen atoms in total. The summed E-state index contributed by atoms with van der Waals surface area (Å²) >= 11 is 0. The summed E-state index contributed by atoms with van der Waals surface area (Å²) in [5, 5.41) is 8.63. The van der Waals surface area contributed by atoms with E-state index in [1.165, 1.54) is 0 Å². The van der Waals surface area contributed by atoms with E-state index in [-0.39, 0.29) is 0 Å². The van der Waals surface area contributed by atoms with E-state index < -0.39 is 0 Å². The van der Waals surface area contributed by atoms with Crippen molar-refractivity contribution in [2.24, 2.45) is 0 Å². The molecule has 1 heterocycles. The first-order valence-electron chi connectivity index (χ1n) is 4.68. The van der Waals surface area contributed by atoms with Gasteiger partial charge in [0.05, 0.1) is 11.6 Å². The highest BCUT2D eigenvalue weighted by molar-refractivity contribution is 5.37. The third-order valence-electron chi connectivity index (χ3n) is 1.95. The highest BCUT2D eigenvalue weighted by Crippen LogP contribution is 2.20. The predicted octanol–water partition coefficient (Wildman–Crippen LogP) is 2.33. The molecule has 1 aromatic carbocycles. The van der Waals surface area contributed by atoms with Gasteiger partial charge in [0.25, 0.3) is 0 Å². The maximum Gasteiger partial charge on any atom is 0.221 e. The fourth-order valence-electron chi connectivity index (χ4n) is 1.21. The highest BCUT2D eigenvalue weighted by Gasteiger charge is 1.98. The summed E-state index contributed by atoms with van der Waals surface area (Å²) in [4.78, 5) is 4.00. The molecule has 0 atom stereocenters. The Balaban J connectivity index is 2.18. The summed E-state index contributed by atoms with van der Waals surface area (Å²) in [6.07, 6.45) is 0. The molecular formula is C12H9N3O. The van der Waals surface area contributed by atoms with Crippen molar-refractivity contribution in [3.63, 3.8) is 0 Å². The Morgan fingerprint density at radius 2 is 1.88 bits per heavy atom. The Morgan fingerprint density at radius 1 is 1.12 bits per heavy atom. The quantitative estimate of drug-likeness (QED) is 0.827. The number of nitrogen functional groups attached to an aromatic ring is 1. The average molecular weight is 211 g/mol. The second-order valence-corrected chi connectivity index (χ2v) is 3.14. The number of ether oxygens (including phenoxy) is 1. The molecule has 2 N–H and O–H groups in total. The van der Waals surface area contributed by atoms with Gasteiger partial charge < -0.3 is 10.5 Å². The van der Waals surface area contributed by atoms with Crippen molar-refractivity contribution in [1.82, 2.24) is 4.98 Å². The number of pyridine rings is 1. The van der Waals surface area contributed by atoms with Gasteiger partial charge in [0.2, 0.25) is 5.88 Å². The minimum Gasteiger partial charge on any atom is -0.439 e. The molecule has 0 fully saturated rings. The van der Waals surface area contributed by atoms with E-state index in [2.05, 4.69) is 4.98 Å². The SMILES string of the molecule is N#Cc1ccc(Oc2cccc(N)n2)cc1. The lowest BCUT2D eigenvalue weighted by Crippen LogP contribution is -1.92. The van der Waals surface area contributed by atoms with Gasteiger partial charge in [-0.1, -0.05) is 6.07 Å². The van der Waals surface area contributed by atoms with Crippen molar-refractivity contribution in [2.75, 3.05) is 5.73 Å². The smallest absolute Gasteiger partial charge is 0.221 e. The molecule has 2 aromatic rings. The first-order valence-corrected chi connectivity index (χ1v) is 4.68. The Labute approximate surface area is 92.9 Å². The zero-order valence-electron chi connectivity index (χ0n) is 8.42. The van der Waals surface area contributed by atoms with E-state index >= 15 is 0 Å². The Kier molecular flexibility index (Phi) is 2.70. The largest absolute Gasteiger partial charge is 0.439 e. The summed E-state index contributed by atoms with van der Waals surface area (Å²) in [5.41, 5.74) is 6.11. The van der Waals surface area contributed by atoms with Crippen molar-refractivity contribution >= 4 is 5.82 Å². The molecule has 0 bridgehead atoms. The molecule has 0 spiro atoms. The third-order valence-corrected chi connectivity index (χ3v) is 1.95. The van der Waals surface area contributed by atoms with E-state index in [1.54, 1.807) is 42.5 Å². The molecule has 4 heteroatoms. The van der Waals surface area contributed by atoms with E-state index in [0.29, 0.717) is 23.0 Å². The van der Waals surface area contributed by atoms with Crippen LogP contribution in [-0.2, 0) is 0 Å². The van der Waals surface area contributed by atoms with Crippen LogP contribution >= 0.6 is 0 Å². The van der Waals surface area contributed by atoms with Gasteiger partial charge in [0, 0.05) is 6.07 Å².